The van der Waals surface area contributed by atoms with E-state index >= 15 is 0 Å². The van der Waals surface area contributed by atoms with Crippen molar-refractivity contribution in [1.29, 1.82) is 0 Å². The number of carbonyl (C=O) groups excluding carboxylic acids is 8. The van der Waals surface area contributed by atoms with E-state index < -0.39 is 60.3 Å². The van der Waals surface area contributed by atoms with E-state index in [9.17, 15) is 48.6 Å². The van der Waals surface area contributed by atoms with Gasteiger partial charge in [-0.2, -0.15) is 0 Å². The topological polar surface area (TPSA) is 310 Å². The quantitative estimate of drug-likeness (QED) is 0.0209. The average Bonchev–Trinajstić information content (AvgIpc) is 3.86. The van der Waals surface area contributed by atoms with Gasteiger partial charge in [-0.25, -0.2) is 0 Å². The van der Waals surface area contributed by atoms with Crippen LogP contribution in [0.3, 0.4) is 0 Å². The smallest absolute Gasteiger partial charge is 0.545 e. The fraction of sp³-hybridized carbons (Fsp3) is 0.111. The van der Waals surface area contributed by atoms with Crippen molar-refractivity contribution < 1.29 is 117 Å². The molecule has 0 aliphatic carbocycles. The van der Waals surface area contributed by atoms with Crippen LogP contribution in [-0.2, 0) is 9.59 Å². The molecule has 8 aromatic rings. The Balaban J connectivity index is 0.00000469. The summed E-state index contributed by atoms with van der Waals surface area (Å²) in [6.07, 6.45) is 3.33. The summed E-state index contributed by atoms with van der Waals surface area (Å²) in [5.74, 6) is -5.15. The Morgan fingerprint density at radius 1 is 0.500 bits per heavy atom. The number of hydrogen-bond donors (Lipinski definition) is 6. The summed E-state index contributed by atoms with van der Waals surface area (Å²) in [6, 6.07) is 30.2. The normalized spacial score (nSPS) is 10.6. The van der Waals surface area contributed by atoms with Crippen molar-refractivity contribution in [1.82, 2.24) is 19.4 Å². The Hall–Kier alpha value is -8.24. The number of aromatic carboxylic acids is 2. The number of aromatic nitrogens is 2. The van der Waals surface area contributed by atoms with E-state index in [1.54, 1.807) is 95.7 Å². The van der Waals surface area contributed by atoms with E-state index in [1.165, 1.54) is 48.5 Å². The molecule has 0 radical (unpaired) electrons. The maximum Gasteiger partial charge on any atom is 1.00 e. The van der Waals surface area contributed by atoms with E-state index in [0.29, 0.717) is 33.8 Å². The van der Waals surface area contributed by atoms with Gasteiger partial charge < -0.3 is 70.8 Å². The van der Waals surface area contributed by atoms with E-state index in [4.69, 9.17) is 20.9 Å². The Kier molecular flexibility index (Phi) is 18.7. The van der Waals surface area contributed by atoms with Gasteiger partial charge in [-0.15, -0.1) is 0 Å². The van der Waals surface area contributed by atoms with E-state index in [2.05, 4.69) is 21.3 Å². The van der Waals surface area contributed by atoms with Crippen LogP contribution in [0.2, 0.25) is 0 Å². The van der Waals surface area contributed by atoms with Gasteiger partial charge in [0.25, 0.3) is 23.6 Å². The number of anilines is 4. The molecule has 0 unspecified atom stereocenters. The molecule has 0 fully saturated rings. The van der Waals surface area contributed by atoms with Crippen LogP contribution in [0.5, 0.6) is 11.5 Å². The number of carboxylic acids is 2. The second-order valence-electron chi connectivity index (χ2n) is 16.7. The Bertz CT molecular complexity index is 3390. The standard InChI is InChI=1S/C54H46N8O12.2Na/c1-29-45(47(65)31-15-17-39(55)37(25-31)53(69)70)41-13-3-5-21-61(41)49(29)59-51(67)33-9-7-11-35(23-33)73-27-43(63)57-19-20-58-44(64)28-74-36-12-8-10-34(24-36)52(68)60-50-30(2)46(42-14-4-6-22-62(42)50)48(66)32-16-18-40(56)38(26-32)54(71)72;;/h3-18,21-26H,19-20,27-28,55-56H2,1-2H3,(H,57,63)(H,58,64)(H,59,67)(H,60,68)(H,69,70)(H,71,72);;/q;2*+1/p-2. The minimum absolute atomic E-state index is 0. The molecule has 0 bridgehead atoms. The van der Waals surface area contributed by atoms with Gasteiger partial charge in [0.15, 0.2) is 24.8 Å². The number of ether oxygens (including phenoxy) is 2. The number of hydrogen-bond acceptors (Lipinski definition) is 14. The van der Waals surface area contributed by atoms with Crippen LogP contribution in [0.15, 0.2) is 134 Å². The molecule has 0 aliphatic rings. The number of nitrogen functional groups attached to an aromatic ring is 2. The van der Waals surface area contributed by atoms with Gasteiger partial charge in [0, 0.05) is 81.4 Å². The number of fused-ring (bicyclic) bond motifs is 2. The Morgan fingerprint density at radius 2 is 0.895 bits per heavy atom. The zero-order valence-corrected chi connectivity index (χ0v) is 45.5. The number of pyridine rings is 2. The van der Waals surface area contributed by atoms with E-state index in [-0.39, 0.29) is 140 Å². The fourth-order valence-corrected chi connectivity index (χ4v) is 8.20. The molecule has 4 heterocycles. The van der Waals surface area contributed by atoms with Crippen LogP contribution in [0.25, 0.3) is 11.0 Å². The van der Waals surface area contributed by atoms with Crippen LogP contribution in [-0.4, -0.2) is 82.2 Å². The SMILES string of the molecule is Cc1c(C(=O)c2ccc(N)c(C(=O)[O-])c2)c2ccccn2c1NC(=O)c1cccc(OCC(=O)NCCNC(=O)COc2cccc(C(=O)Nc3c(C)c(C(=O)c4ccc(N)c(C(=O)[O-])c4)c4ccccn34)c2)c1.[Na+].[Na+]. The number of ketones is 2. The van der Waals surface area contributed by atoms with Gasteiger partial charge in [-0.1, -0.05) is 24.3 Å². The number of nitrogens with zero attached hydrogens (tertiary/aromatic N) is 2. The van der Waals surface area contributed by atoms with Crippen molar-refractivity contribution in [2.24, 2.45) is 0 Å². The molecule has 4 amide bonds. The Labute approximate surface area is 477 Å². The van der Waals surface area contributed by atoms with Crippen molar-refractivity contribution >= 4 is 81.2 Å². The fourth-order valence-electron chi connectivity index (χ4n) is 8.20. The number of carboxylic acid groups (broad SMARTS) is 2. The van der Waals surface area contributed by atoms with E-state index in [0.717, 1.165) is 12.1 Å². The summed E-state index contributed by atoms with van der Waals surface area (Å²) in [7, 11) is 0. The third-order valence-corrected chi connectivity index (χ3v) is 11.9. The zero-order chi connectivity index (χ0) is 52.8. The van der Waals surface area contributed by atoms with Crippen molar-refractivity contribution in [3.8, 4) is 11.5 Å². The number of carbonyl (C=O) groups is 8. The summed E-state index contributed by atoms with van der Waals surface area (Å²) in [6.45, 7) is 2.56. The van der Waals surface area contributed by atoms with Crippen LogP contribution < -0.4 is 112 Å². The molecular formula is C54H44N8Na2O12. The zero-order valence-electron chi connectivity index (χ0n) is 41.5. The molecule has 0 aliphatic heterocycles. The molecule has 0 saturated heterocycles. The summed E-state index contributed by atoms with van der Waals surface area (Å²) in [4.78, 5) is 103. The predicted octanol–water partition coefficient (Wildman–Crippen LogP) is -2.63. The first-order valence-electron chi connectivity index (χ1n) is 22.6. The molecule has 8 N–H and O–H groups in total. The van der Waals surface area contributed by atoms with Gasteiger partial charge in [0.05, 0.1) is 34.1 Å². The molecule has 76 heavy (non-hydrogen) atoms. The molecule has 0 spiro atoms. The monoisotopic (exact) mass is 1040 g/mol. The molecule has 4 aromatic carbocycles. The minimum atomic E-state index is -1.53. The molecule has 0 atom stereocenters. The van der Waals surface area contributed by atoms with Crippen molar-refractivity contribution in [2.45, 2.75) is 13.8 Å². The van der Waals surface area contributed by atoms with Gasteiger partial charge in [-0.05, 0) is 111 Å². The number of nitrogens with one attached hydrogen (secondary N) is 4. The molecular weight excluding hydrogens is 999 g/mol. The van der Waals surface area contributed by atoms with Crippen molar-refractivity contribution in [3.05, 3.63) is 189 Å². The van der Waals surface area contributed by atoms with Crippen molar-refractivity contribution in [3.63, 3.8) is 0 Å². The molecule has 8 rings (SSSR count). The second-order valence-corrected chi connectivity index (χ2v) is 16.7. The van der Waals surface area contributed by atoms with Gasteiger partial charge in [-0.3, -0.25) is 28.8 Å². The first-order chi connectivity index (χ1) is 35.5. The van der Waals surface area contributed by atoms with Gasteiger partial charge in [0.1, 0.15) is 23.1 Å². The molecule has 374 valence electrons. The number of amides is 4. The summed E-state index contributed by atoms with van der Waals surface area (Å²) in [5, 5.41) is 34.2. The summed E-state index contributed by atoms with van der Waals surface area (Å²) in [5.41, 5.74) is 13.5. The van der Waals surface area contributed by atoms with Crippen molar-refractivity contribution in [2.75, 3.05) is 48.4 Å². The van der Waals surface area contributed by atoms with Crippen LogP contribution in [0, 0.1) is 13.8 Å². The number of nitrogens with two attached hydrogens (primary N) is 2. The molecule has 4 aromatic heterocycles. The largest absolute Gasteiger partial charge is 1.00 e. The third kappa shape index (κ3) is 12.5. The molecule has 22 heteroatoms. The average molecular weight is 1040 g/mol. The molecule has 0 saturated carbocycles. The van der Waals surface area contributed by atoms with Crippen LogP contribution in [0.1, 0.15) is 84.4 Å². The summed E-state index contributed by atoms with van der Waals surface area (Å²) < 4.78 is 14.5. The van der Waals surface area contributed by atoms with Gasteiger partial charge in [0.2, 0.25) is 0 Å². The number of rotatable bonds is 19. The van der Waals surface area contributed by atoms with Crippen LogP contribution >= 0.6 is 0 Å². The summed E-state index contributed by atoms with van der Waals surface area (Å²) >= 11 is 0. The maximum absolute atomic E-state index is 13.8. The predicted molar refractivity (Wildman–Crippen MR) is 267 cm³/mol. The second kappa shape index (κ2) is 24.9. The Morgan fingerprint density at radius 3 is 1.28 bits per heavy atom. The minimum Gasteiger partial charge on any atom is -0.545 e. The van der Waals surface area contributed by atoms with E-state index in [1.807, 2.05) is 0 Å². The first-order valence-corrected chi connectivity index (χ1v) is 22.6. The maximum atomic E-state index is 13.8. The first kappa shape index (κ1) is 57.0. The van der Waals surface area contributed by atoms with Crippen LogP contribution in [0.4, 0.5) is 23.0 Å². The van der Waals surface area contributed by atoms with Gasteiger partial charge >= 0.3 is 59.1 Å². The molecule has 20 nitrogen and oxygen atoms in total. The third-order valence-electron chi connectivity index (χ3n) is 11.9. The number of benzene rings is 4.